The molecule has 0 aliphatic carbocycles. The average molecular weight is 303 g/mol. The predicted octanol–water partition coefficient (Wildman–Crippen LogP) is 3.05. The van der Waals surface area contributed by atoms with Gasteiger partial charge in [-0.05, 0) is 25.0 Å². The zero-order chi connectivity index (χ0) is 13.1. The third kappa shape index (κ3) is 3.76. The Morgan fingerprint density at radius 1 is 1.47 bits per heavy atom. The van der Waals surface area contributed by atoms with Crippen LogP contribution in [0.1, 0.15) is 26.3 Å². The van der Waals surface area contributed by atoms with Gasteiger partial charge in [0.15, 0.2) is 0 Å². The zero-order valence-corrected chi connectivity index (χ0v) is 12.1. The fourth-order valence-corrected chi connectivity index (χ4v) is 1.81. The molecule has 3 N–H and O–H groups in total. The van der Waals surface area contributed by atoms with Gasteiger partial charge < -0.3 is 11.1 Å². The highest BCUT2D eigenvalue weighted by Crippen LogP contribution is 2.18. The van der Waals surface area contributed by atoms with Gasteiger partial charge in [-0.15, -0.1) is 0 Å². The smallest absolute Gasteiger partial charge is 0.128 e. The van der Waals surface area contributed by atoms with E-state index in [1.54, 1.807) is 6.07 Å². The van der Waals surface area contributed by atoms with Crippen LogP contribution >= 0.6 is 15.9 Å². The van der Waals surface area contributed by atoms with E-state index in [1.807, 2.05) is 6.07 Å². The van der Waals surface area contributed by atoms with Crippen molar-refractivity contribution < 1.29 is 4.39 Å². The summed E-state index contributed by atoms with van der Waals surface area (Å²) in [7, 11) is 0. The molecule has 1 aromatic rings. The molecule has 0 radical (unpaired) electrons. The molecule has 4 heteroatoms. The van der Waals surface area contributed by atoms with Crippen LogP contribution in [0.3, 0.4) is 0 Å². The molecule has 0 fully saturated rings. The first kappa shape index (κ1) is 14.6. The second-order valence-electron chi connectivity index (χ2n) is 4.87. The van der Waals surface area contributed by atoms with Crippen molar-refractivity contribution in [2.24, 2.45) is 11.7 Å². The summed E-state index contributed by atoms with van der Waals surface area (Å²) in [4.78, 5) is 0. The van der Waals surface area contributed by atoms with Crippen LogP contribution in [0.4, 0.5) is 4.39 Å². The minimum Gasteiger partial charge on any atom is -0.329 e. The fraction of sp³-hybridized carbons (Fsp3) is 0.538. The molecule has 1 unspecified atom stereocenters. The summed E-state index contributed by atoms with van der Waals surface area (Å²) in [6.07, 6.45) is 0. The molecule has 0 heterocycles. The zero-order valence-electron chi connectivity index (χ0n) is 10.6. The summed E-state index contributed by atoms with van der Waals surface area (Å²) < 4.78 is 14.4. The van der Waals surface area contributed by atoms with Crippen LogP contribution in [0.2, 0.25) is 0 Å². The van der Waals surface area contributed by atoms with E-state index in [-0.39, 0.29) is 11.4 Å². The van der Waals surface area contributed by atoms with E-state index < -0.39 is 0 Å². The Hall–Kier alpha value is -0.450. The minimum atomic E-state index is -0.199. The molecule has 17 heavy (non-hydrogen) atoms. The molecule has 0 aliphatic rings. The second kappa shape index (κ2) is 5.94. The number of benzene rings is 1. The number of nitrogens with two attached hydrogens (primary N) is 1. The molecule has 1 rings (SSSR count). The number of nitrogens with one attached hydrogen (secondary N) is 1. The minimum absolute atomic E-state index is 0.167. The Labute approximate surface area is 111 Å². The van der Waals surface area contributed by atoms with Gasteiger partial charge in [0.25, 0.3) is 0 Å². The number of hydrogen-bond donors (Lipinski definition) is 2. The molecule has 1 atom stereocenters. The van der Waals surface area contributed by atoms with E-state index in [1.165, 1.54) is 6.07 Å². The van der Waals surface area contributed by atoms with E-state index in [2.05, 4.69) is 42.0 Å². The SMILES string of the molecule is CC(C)C(C)(CN)NCc1ccc(Br)cc1F. The van der Waals surface area contributed by atoms with Crippen LogP contribution < -0.4 is 11.1 Å². The largest absolute Gasteiger partial charge is 0.329 e. The van der Waals surface area contributed by atoms with Gasteiger partial charge in [0.2, 0.25) is 0 Å². The van der Waals surface area contributed by atoms with Crippen molar-refractivity contribution in [2.75, 3.05) is 6.54 Å². The second-order valence-corrected chi connectivity index (χ2v) is 5.78. The molecule has 2 nitrogen and oxygen atoms in total. The van der Waals surface area contributed by atoms with Gasteiger partial charge in [-0.3, -0.25) is 0 Å². The average Bonchev–Trinajstić information content (AvgIpc) is 2.27. The topological polar surface area (TPSA) is 38.0 Å². The molecule has 1 aromatic carbocycles. The summed E-state index contributed by atoms with van der Waals surface area (Å²) in [6.45, 7) is 7.30. The maximum atomic E-state index is 13.6. The lowest BCUT2D eigenvalue weighted by Gasteiger charge is -2.34. The van der Waals surface area contributed by atoms with Crippen LogP contribution in [-0.2, 0) is 6.54 Å². The molecule has 0 saturated heterocycles. The Balaban J connectivity index is 2.73. The molecule has 0 aromatic heterocycles. The van der Waals surface area contributed by atoms with Crippen molar-refractivity contribution in [3.05, 3.63) is 34.1 Å². The van der Waals surface area contributed by atoms with Crippen LogP contribution in [0.5, 0.6) is 0 Å². The summed E-state index contributed by atoms with van der Waals surface area (Å²) in [5, 5.41) is 3.34. The molecule has 96 valence electrons. The number of hydrogen-bond acceptors (Lipinski definition) is 2. The molecular formula is C13H20BrFN2. The Kier molecular flexibility index (Phi) is 5.10. The monoisotopic (exact) mass is 302 g/mol. The van der Waals surface area contributed by atoms with Crippen molar-refractivity contribution in [2.45, 2.75) is 32.9 Å². The van der Waals surface area contributed by atoms with E-state index >= 15 is 0 Å². The van der Waals surface area contributed by atoms with Crippen LogP contribution in [0.25, 0.3) is 0 Å². The van der Waals surface area contributed by atoms with Crippen molar-refractivity contribution in [1.29, 1.82) is 0 Å². The fourth-order valence-electron chi connectivity index (χ4n) is 1.47. The first-order chi connectivity index (χ1) is 7.89. The van der Waals surface area contributed by atoms with E-state index in [9.17, 15) is 4.39 Å². The van der Waals surface area contributed by atoms with Crippen molar-refractivity contribution >= 4 is 15.9 Å². The molecular weight excluding hydrogens is 283 g/mol. The van der Waals surface area contributed by atoms with Gasteiger partial charge in [-0.25, -0.2) is 4.39 Å². The maximum Gasteiger partial charge on any atom is 0.128 e. The van der Waals surface area contributed by atoms with E-state index in [4.69, 9.17) is 5.73 Å². The number of halogens is 2. The summed E-state index contributed by atoms with van der Waals surface area (Å²) in [6, 6.07) is 5.10. The van der Waals surface area contributed by atoms with Gasteiger partial charge in [-0.2, -0.15) is 0 Å². The molecule has 0 bridgehead atoms. The van der Waals surface area contributed by atoms with Gasteiger partial charge >= 0.3 is 0 Å². The molecule has 0 aliphatic heterocycles. The van der Waals surface area contributed by atoms with Crippen molar-refractivity contribution in [3.63, 3.8) is 0 Å². The van der Waals surface area contributed by atoms with Gasteiger partial charge in [0.1, 0.15) is 5.82 Å². The first-order valence-corrected chi connectivity index (χ1v) is 6.57. The van der Waals surface area contributed by atoms with E-state index in [0.29, 0.717) is 24.6 Å². The highest BCUT2D eigenvalue weighted by atomic mass is 79.9. The standard InChI is InChI=1S/C13H20BrFN2/c1-9(2)13(3,8-16)17-7-10-4-5-11(14)6-12(10)15/h4-6,9,17H,7-8,16H2,1-3H3. The van der Waals surface area contributed by atoms with Gasteiger partial charge in [-0.1, -0.05) is 35.8 Å². The van der Waals surface area contributed by atoms with Crippen molar-refractivity contribution in [1.82, 2.24) is 5.32 Å². The van der Waals surface area contributed by atoms with Gasteiger partial charge in [0.05, 0.1) is 0 Å². The van der Waals surface area contributed by atoms with Gasteiger partial charge in [0, 0.05) is 28.7 Å². The highest BCUT2D eigenvalue weighted by Gasteiger charge is 2.25. The summed E-state index contributed by atoms with van der Waals surface area (Å²) in [5.41, 5.74) is 6.26. The lowest BCUT2D eigenvalue weighted by Crippen LogP contribution is -2.52. The normalized spacial score (nSPS) is 15.0. The first-order valence-electron chi connectivity index (χ1n) is 5.78. The summed E-state index contributed by atoms with van der Waals surface area (Å²) in [5.74, 6) is 0.195. The lowest BCUT2D eigenvalue weighted by atomic mass is 9.88. The molecule has 0 spiro atoms. The van der Waals surface area contributed by atoms with Crippen molar-refractivity contribution in [3.8, 4) is 0 Å². The lowest BCUT2D eigenvalue weighted by molar-refractivity contribution is 0.266. The third-order valence-corrected chi connectivity index (χ3v) is 3.89. The van der Waals surface area contributed by atoms with Crippen LogP contribution in [0, 0.1) is 11.7 Å². The number of rotatable bonds is 5. The maximum absolute atomic E-state index is 13.6. The third-order valence-electron chi connectivity index (χ3n) is 3.40. The Morgan fingerprint density at radius 2 is 2.12 bits per heavy atom. The highest BCUT2D eigenvalue weighted by molar-refractivity contribution is 9.10. The Bertz CT molecular complexity index is 382. The molecule has 0 amide bonds. The predicted molar refractivity (Wildman–Crippen MR) is 73.2 cm³/mol. The van der Waals surface area contributed by atoms with E-state index in [0.717, 1.165) is 4.47 Å². The molecule has 0 saturated carbocycles. The summed E-state index contributed by atoms with van der Waals surface area (Å²) >= 11 is 3.24. The van der Waals surface area contributed by atoms with Crippen LogP contribution in [0.15, 0.2) is 22.7 Å². The Morgan fingerprint density at radius 3 is 2.59 bits per heavy atom. The van der Waals surface area contributed by atoms with Crippen LogP contribution in [-0.4, -0.2) is 12.1 Å². The quantitative estimate of drug-likeness (QED) is 0.877.